The molecule has 0 radical (unpaired) electrons. The van der Waals surface area contributed by atoms with E-state index in [0.717, 1.165) is 17.5 Å². The van der Waals surface area contributed by atoms with Gasteiger partial charge in [0.05, 0.1) is 4.90 Å². The zero-order chi connectivity index (χ0) is 17.3. The van der Waals surface area contributed by atoms with Gasteiger partial charge >= 0.3 is 0 Å². The molecule has 1 saturated carbocycles. The van der Waals surface area contributed by atoms with E-state index >= 15 is 0 Å². The van der Waals surface area contributed by atoms with Crippen LogP contribution in [0.4, 0.5) is 5.69 Å². The van der Waals surface area contributed by atoms with Gasteiger partial charge in [0.2, 0.25) is 15.9 Å². The number of hydrogen-bond donors (Lipinski definition) is 2. The maximum absolute atomic E-state index is 12.6. The second kappa shape index (κ2) is 6.37. The zero-order valence-corrected chi connectivity index (χ0v) is 14.4. The molecule has 24 heavy (non-hydrogen) atoms. The molecule has 6 heteroatoms. The maximum Gasteiger partial charge on any atom is 0.240 e. The Labute approximate surface area is 142 Å². The lowest BCUT2D eigenvalue weighted by atomic mass is 10.1. The highest BCUT2D eigenvalue weighted by Gasteiger charge is 2.41. The van der Waals surface area contributed by atoms with Gasteiger partial charge in [-0.3, -0.25) is 4.79 Å². The summed E-state index contributed by atoms with van der Waals surface area (Å²) in [6.07, 6.45) is 0.799. The molecule has 126 valence electrons. The summed E-state index contributed by atoms with van der Waals surface area (Å²) in [6.45, 7) is 3.22. The predicted octanol–water partition coefficient (Wildman–Crippen LogP) is 2.79. The van der Waals surface area contributed by atoms with Gasteiger partial charge in [0.15, 0.2) is 0 Å². The van der Waals surface area contributed by atoms with Crippen LogP contribution >= 0.6 is 0 Å². The van der Waals surface area contributed by atoms with Gasteiger partial charge in [0, 0.05) is 24.6 Å². The van der Waals surface area contributed by atoms with Crippen LogP contribution in [0, 0.1) is 6.92 Å². The summed E-state index contributed by atoms with van der Waals surface area (Å²) in [5.74, 6) is -0.00631. The molecule has 0 spiro atoms. The lowest BCUT2D eigenvalue weighted by Gasteiger charge is -2.11. The van der Waals surface area contributed by atoms with Crippen molar-refractivity contribution in [3.63, 3.8) is 0 Å². The Hall–Kier alpha value is -2.18. The number of aryl methyl sites for hydroxylation is 1. The number of carbonyl (C=O) groups excluding carboxylic acids is 1. The average Bonchev–Trinajstić information content (AvgIpc) is 3.28. The largest absolute Gasteiger partial charge is 0.326 e. The van der Waals surface area contributed by atoms with E-state index in [4.69, 9.17) is 0 Å². The summed E-state index contributed by atoms with van der Waals surface area (Å²) in [4.78, 5) is 11.4. The Morgan fingerprint density at radius 3 is 2.50 bits per heavy atom. The molecule has 5 nitrogen and oxygen atoms in total. The summed E-state index contributed by atoms with van der Waals surface area (Å²) in [5.41, 5.74) is 2.48. The molecule has 2 N–H and O–H groups in total. The smallest absolute Gasteiger partial charge is 0.240 e. The molecule has 1 aliphatic rings. The van der Waals surface area contributed by atoms with Gasteiger partial charge in [-0.15, -0.1) is 0 Å². The highest BCUT2D eigenvalue weighted by molar-refractivity contribution is 7.89. The minimum atomic E-state index is -3.61. The van der Waals surface area contributed by atoms with Crippen molar-refractivity contribution in [2.75, 3.05) is 5.32 Å². The number of benzene rings is 2. The molecule has 1 amide bonds. The Kier molecular flexibility index (Phi) is 4.43. The number of hydrogen-bond acceptors (Lipinski definition) is 3. The first kappa shape index (κ1) is 16.7. The summed E-state index contributed by atoms with van der Waals surface area (Å²) < 4.78 is 27.9. The third-order valence-electron chi connectivity index (χ3n) is 4.15. The third-order valence-corrected chi connectivity index (χ3v) is 5.64. The molecule has 1 aliphatic carbocycles. The lowest BCUT2D eigenvalue weighted by molar-refractivity contribution is -0.114. The van der Waals surface area contributed by atoms with Crippen molar-refractivity contribution in [2.45, 2.75) is 37.1 Å². The highest BCUT2D eigenvalue weighted by Crippen LogP contribution is 2.41. The molecule has 2 atom stereocenters. The van der Waals surface area contributed by atoms with E-state index in [1.54, 1.807) is 12.1 Å². The van der Waals surface area contributed by atoms with Crippen LogP contribution in [-0.4, -0.2) is 20.4 Å². The molecule has 2 aromatic carbocycles. The van der Waals surface area contributed by atoms with E-state index < -0.39 is 10.0 Å². The third kappa shape index (κ3) is 3.66. The first-order chi connectivity index (χ1) is 11.4. The number of amides is 1. The summed E-state index contributed by atoms with van der Waals surface area (Å²) in [6, 6.07) is 14.6. The van der Waals surface area contributed by atoms with Gasteiger partial charge in [-0.05, 0) is 36.6 Å². The summed E-state index contributed by atoms with van der Waals surface area (Å²) in [7, 11) is -3.61. The van der Waals surface area contributed by atoms with Crippen LogP contribution in [-0.2, 0) is 14.8 Å². The monoisotopic (exact) mass is 344 g/mol. The number of sulfonamides is 1. The maximum atomic E-state index is 12.6. The zero-order valence-electron chi connectivity index (χ0n) is 13.6. The van der Waals surface area contributed by atoms with Crippen LogP contribution in [0.5, 0.6) is 0 Å². The molecule has 1 fully saturated rings. The topological polar surface area (TPSA) is 75.3 Å². The molecule has 2 aromatic rings. The molecular formula is C18H20N2O3S. The van der Waals surface area contributed by atoms with Crippen molar-refractivity contribution >= 4 is 21.6 Å². The standard InChI is InChI=1S/C18H20N2O3S/c1-12-8-9-15(10-17(12)19-13(2)21)24(22,23)20-18-11-16(18)14-6-4-3-5-7-14/h3-10,16,18,20H,11H2,1-2H3,(H,19,21)/t16-,18-/m0/s1. The van der Waals surface area contributed by atoms with Crippen molar-refractivity contribution in [3.8, 4) is 0 Å². The molecule has 0 heterocycles. The number of nitrogens with one attached hydrogen (secondary N) is 2. The fourth-order valence-corrected chi connectivity index (χ4v) is 4.07. The van der Waals surface area contributed by atoms with Crippen LogP contribution < -0.4 is 10.0 Å². The Morgan fingerprint density at radius 2 is 1.83 bits per heavy atom. The number of carbonyl (C=O) groups is 1. The van der Waals surface area contributed by atoms with Crippen LogP contribution in [0.15, 0.2) is 53.4 Å². The molecule has 0 bridgehead atoms. The van der Waals surface area contributed by atoms with Crippen LogP contribution in [0.1, 0.15) is 30.4 Å². The molecule has 0 unspecified atom stereocenters. The fourth-order valence-electron chi connectivity index (χ4n) is 2.75. The van der Waals surface area contributed by atoms with Crippen LogP contribution in [0.3, 0.4) is 0 Å². The van der Waals surface area contributed by atoms with Crippen molar-refractivity contribution in [3.05, 3.63) is 59.7 Å². The fraction of sp³-hybridized carbons (Fsp3) is 0.278. The second-order valence-corrected chi connectivity index (χ2v) is 7.85. The Bertz CT molecular complexity index is 863. The van der Waals surface area contributed by atoms with Gasteiger partial charge < -0.3 is 5.32 Å². The van der Waals surface area contributed by atoms with E-state index in [1.807, 2.05) is 37.3 Å². The minimum Gasteiger partial charge on any atom is -0.326 e. The SMILES string of the molecule is CC(=O)Nc1cc(S(=O)(=O)N[C@H]2C[C@H]2c2ccccc2)ccc1C. The molecule has 0 aromatic heterocycles. The normalized spacial score (nSPS) is 19.8. The quantitative estimate of drug-likeness (QED) is 0.876. The van der Waals surface area contributed by atoms with Gasteiger partial charge in [-0.25, -0.2) is 13.1 Å². The van der Waals surface area contributed by atoms with E-state index in [-0.39, 0.29) is 22.8 Å². The summed E-state index contributed by atoms with van der Waals surface area (Å²) in [5, 5.41) is 2.66. The lowest BCUT2D eigenvalue weighted by Crippen LogP contribution is -2.27. The first-order valence-electron chi connectivity index (χ1n) is 7.82. The average molecular weight is 344 g/mol. The molecule has 3 rings (SSSR count). The Balaban J connectivity index is 1.76. The van der Waals surface area contributed by atoms with Crippen molar-refractivity contribution in [2.24, 2.45) is 0 Å². The molecule has 0 aliphatic heterocycles. The molecular weight excluding hydrogens is 324 g/mol. The minimum absolute atomic E-state index is 0.0806. The van der Waals surface area contributed by atoms with Gasteiger partial charge in [0.1, 0.15) is 0 Å². The van der Waals surface area contributed by atoms with Gasteiger partial charge in [0.25, 0.3) is 0 Å². The van der Waals surface area contributed by atoms with Crippen LogP contribution in [0.2, 0.25) is 0 Å². The van der Waals surface area contributed by atoms with Gasteiger partial charge in [-0.2, -0.15) is 0 Å². The van der Waals surface area contributed by atoms with E-state index in [9.17, 15) is 13.2 Å². The second-order valence-electron chi connectivity index (χ2n) is 6.14. The molecule has 0 saturated heterocycles. The van der Waals surface area contributed by atoms with E-state index in [1.165, 1.54) is 13.0 Å². The predicted molar refractivity (Wildman–Crippen MR) is 93.4 cm³/mol. The number of rotatable bonds is 5. The van der Waals surface area contributed by atoms with E-state index in [2.05, 4.69) is 10.0 Å². The van der Waals surface area contributed by atoms with Crippen molar-refractivity contribution in [1.29, 1.82) is 0 Å². The Morgan fingerprint density at radius 1 is 1.12 bits per heavy atom. The first-order valence-corrected chi connectivity index (χ1v) is 9.30. The van der Waals surface area contributed by atoms with Crippen LogP contribution in [0.25, 0.3) is 0 Å². The number of anilines is 1. The van der Waals surface area contributed by atoms with Gasteiger partial charge in [-0.1, -0.05) is 36.4 Å². The highest BCUT2D eigenvalue weighted by atomic mass is 32.2. The summed E-state index contributed by atoms with van der Waals surface area (Å²) >= 11 is 0. The van der Waals surface area contributed by atoms with Crippen molar-refractivity contribution < 1.29 is 13.2 Å². The van der Waals surface area contributed by atoms with E-state index in [0.29, 0.717) is 5.69 Å². The van der Waals surface area contributed by atoms with Crippen molar-refractivity contribution in [1.82, 2.24) is 4.72 Å².